The smallest absolute Gasteiger partial charge is 0.0591 e. The fraction of sp³-hybridized carbons (Fsp3) is 1.00. The molecule has 0 atom stereocenters. The highest BCUT2D eigenvalue weighted by Crippen LogP contribution is 2.24. The Kier molecular flexibility index (Phi) is 5.64. The van der Waals surface area contributed by atoms with Crippen molar-refractivity contribution in [2.24, 2.45) is 5.92 Å². The number of hydrogen-bond acceptors (Lipinski definition) is 2. The van der Waals surface area contributed by atoms with Crippen molar-refractivity contribution >= 4 is 0 Å². The molecule has 2 heteroatoms. The molecule has 2 aliphatic carbocycles. The molecule has 2 aliphatic rings. The van der Waals surface area contributed by atoms with Crippen molar-refractivity contribution < 1.29 is 4.74 Å². The highest BCUT2D eigenvalue weighted by molar-refractivity contribution is 4.71. The number of nitrogens with one attached hydrogen (secondary N) is 1. The average molecular weight is 225 g/mol. The molecule has 2 fully saturated rings. The second-order valence-electron chi connectivity index (χ2n) is 5.51. The minimum atomic E-state index is 0.781. The third-order valence-electron chi connectivity index (χ3n) is 4.11. The van der Waals surface area contributed by atoms with Crippen molar-refractivity contribution in [1.29, 1.82) is 0 Å². The molecule has 0 saturated heterocycles. The van der Waals surface area contributed by atoms with Gasteiger partial charge in [0.05, 0.1) is 6.61 Å². The summed E-state index contributed by atoms with van der Waals surface area (Å²) in [5, 5.41) is 3.62. The van der Waals surface area contributed by atoms with Crippen LogP contribution in [0.4, 0.5) is 0 Å². The van der Waals surface area contributed by atoms with Gasteiger partial charge in [0.1, 0.15) is 0 Å². The van der Waals surface area contributed by atoms with Gasteiger partial charge in [-0.2, -0.15) is 0 Å². The second-order valence-corrected chi connectivity index (χ2v) is 5.51. The van der Waals surface area contributed by atoms with Crippen molar-refractivity contribution in [3.8, 4) is 0 Å². The summed E-state index contributed by atoms with van der Waals surface area (Å²) in [6, 6.07) is 0.781. The molecule has 0 aromatic rings. The number of rotatable bonds is 6. The van der Waals surface area contributed by atoms with Crippen LogP contribution < -0.4 is 5.32 Å². The van der Waals surface area contributed by atoms with Gasteiger partial charge in [0, 0.05) is 19.2 Å². The normalized spacial score (nSPS) is 24.0. The molecular weight excluding hydrogens is 198 g/mol. The van der Waals surface area contributed by atoms with E-state index in [0.717, 1.165) is 31.7 Å². The van der Waals surface area contributed by atoms with Gasteiger partial charge in [-0.15, -0.1) is 0 Å². The molecule has 0 aromatic carbocycles. The Labute approximate surface area is 100 Å². The van der Waals surface area contributed by atoms with Crippen LogP contribution >= 0.6 is 0 Å². The minimum Gasteiger partial charge on any atom is -0.380 e. The minimum absolute atomic E-state index is 0.781. The molecular formula is C14H27NO. The molecule has 1 N–H and O–H groups in total. The van der Waals surface area contributed by atoms with Crippen molar-refractivity contribution in [2.45, 2.75) is 63.8 Å². The van der Waals surface area contributed by atoms with E-state index in [-0.39, 0.29) is 0 Å². The Bertz CT molecular complexity index is 172. The number of ether oxygens (including phenoxy) is 1. The Hall–Kier alpha value is -0.0800. The van der Waals surface area contributed by atoms with Gasteiger partial charge in [-0.1, -0.05) is 32.1 Å². The van der Waals surface area contributed by atoms with Crippen LogP contribution in [0.1, 0.15) is 57.8 Å². The average Bonchev–Trinajstić information content (AvgIpc) is 2.83. The van der Waals surface area contributed by atoms with Gasteiger partial charge in [-0.25, -0.2) is 0 Å². The first-order valence-corrected chi connectivity index (χ1v) is 7.26. The summed E-state index contributed by atoms with van der Waals surface area (Å²) >= 11 is 0. The van der Waals surface area contributed by atoms with Crippen LogP contribution in [-0.2, 0) is 4.74 Å². The zero-order valence-electron chi connectivity index (χ0n) is 10.5. The van der Waals surface area contributed by atoms with Crippen molar-refractivity contribution in [3.05, 3.63) is 0 Å². The van der Waals surface area contributed by atoms with E-state index < -0.39 is 0 Å². The Morgan fingerprint density at radius 3 is 2.31 bits per heavy atom. The summed E-state index contributed by atoms with van der Waals surface area (Å²) in [5.41, 5.74) is 0. The lowest BCUT2D eigenvalue weighted by Crippen LogP contribution is -2.33. The highest BCUT2D eigenvalue weighted by atomic mass is 16.5. The lowest BCUT2D eigenvalue weighted by Gasteiger charge is -2.22. The SMILES string of the molecule is C1CCC(NCCOCC2CCCC2)CC1. The molecule has 94 valence electrons. The molecule has 0 heterocycles. The first kappa shape index (κ1) is 12.4. The van der Waals surface area contributed by atoms with Crippen molar-refractivity contribution in [2.75, 3.05) is 19.8 Å². The molecule has 0 aromatic heterocycles. The Balaban J connectivity index is 1.42. The van der Waals surface area contributed by atoms with Crippen LogP contribution in [0.2, 0.25) is 0 Å². The molecule has 0 radical (unpaired) electrons. The van der Waals surface area contributed by atoms with Crippen molar-refractivity contribution in [3.63, 3.8) is 0 Å². The largest absolute Gasteiger partial charge is 0.380 e. The standard InChI is InChI=1S/C14H27NO/c1-2-8-14(9-3-1)15-10-11-16-12-13-6-4-5-7-13/h13-15H,1-12H2. The molecule has 0 unspecified atom stereocenters. The van der Waals surface area contributed by atoms with Crippen LogP contribution in [0.15, 0.2) is 0 Å². The van der Waals surface area contributed by atoms with Crippen LogP contribution in [0.25, 0.3) is 0 Å². The Morgan fingerprint density at radius 1 is 0.875 bits per heavy atom. The monoisotopic (exact) mass is 225 g/mol. The van der Waals surface area contributed by atoms with Gasteiger partial charge in [0.2, 0.25) is 0 Å². The molecule has 0 bridgehead atoms. The van der Waals surface area contributed by atoms with Crippen LogP contribution in [0.5, 0.6) is 0 Å². The molecule has 0 amide bonds. The van der Waals surface area contributed by atoms with Gasteiger partial charge in [-0.3, -0.25) is 0 Å². The van der Waals surface area contributed by atoms with Crippen LogP contribution in [-0.4, -0.2) is 25.8 Å². The zero-order valence-corrected chi connectivity index (χ0v) is 10.5. The summed E-state index contributed by atoms with van der Waals surface area (Å²) < 4.78 is 5.75. The predicted molar refractivity (Wildman–Crippen MR) is 67.7 cm³/mol. The van der Waals surface area contributed by atoms with Gasteiger partial charge >= 0.3 is 0 Å². The van der Waals surface area contributed by atoms with Gasteiger partial charge in [0.15, 0.2) is 0 Å². The Morgan fingerprint density at radius 2 is 1.56 bits per heavy atom. The fourth-order valence-corrected chi connectivity index (χ4v) is 3.07. The van der Waals surface area contributed by atoms with Gasteiger partial charge in [-0.05, 0) is 31.6 Å². The van der Waals surface area contributed by atoms with Crippen LogP contribution in [0, 0.1) is 5.92 Å². The van der Waals surface area contributed by atoms with E-state index in [4.69, 9.17) is 4.74 Å². The third-order valence-corrected chi connectivity index (χ3v) is 4.11. The van der Waals surface area contributed by atoms with E-state index in [1.807, 2.05) is 0 Å². The summed E-state index contributed by atoms with van der Waals surface area (Å²) in [5.74, 6) is 0.870. The van der Waals surface area contributed by atoms with Gasteiger partial charge < -0.3 is 10.1 Å². The third kappa shape index (κ3) is 4.42. The lowest BCUT2D eigenvalue weighted by atomic mass is 9.96. The van der Waals surface area contributed by atoms with Crippen LogP contribution in [0.3, 0.4) is 0 Å². The molecule has 2 rings (SSSR count). The first-order valence-electron chi connectivity index (χ1n) is 7.26. The quantitative estimate of drug-likeness (QED) is 0.701. The molecule has 2 saturated carbocycles. The molecule has 0 spiro atoms. The topological polar surface area (TPSA) is 21.3 Å². The molecule has 2 nitrogen and oxygen atoms in total. The predicted octanol–water partition coefficient (Wildman–Crippen LogP) is 3.12. The van der Waals surface area contributed by atoms with E-state index in [2.05, 4.69) is 5.32 Å². The lowest BCUT2D eigenvalue weighted by molar-refractivity contribution is 0.100. The maximum Gasteiger partial charge on any atom is 0.0591 e. The summed E-state index contributed by atoms with van der Waals surface area (Å²) in [6.07, 6.45) is 12.7. The summed E-state index contributed by atoms with van der Waals surface area (Å²) in [4.78, 5) is 0. The summed E-state index contributed by atoms with van der Waals surface area (Å²) in [6.45, 7) is 2.97. The molecule has 0 aliphatic heterocycles. The van der Waals surface area contributed by atoms with Gasteiger partial charge in [0.25, 0.3) is 0 Å². The molecule has 16 heavy (non-hydrogen) atoms. The second kappa shape index (κ2) is 7.29. The van der Waals surface area contributed by atoms with E-state index in [0.29, 0.717) is 0 Å². The van der Waals surface area contributed by atoms with E-state index in [9.17, 15) is 0 Å². The van der Waals surface area contributed by atoms with E-state index >= 15 is 0 Å². The zero-order chi connectivity index (χ0) is 11.1. The fourth-order valence-electron chi connectivity index (χ4n) is 3.07. The maximum atomic E-state index is 5.75. The summed E-state index contributed by atoms with van der Waals surface area (Å²) in [7, 11) is 0. The van der Waals surface area contributed by atoms with E-state index in [1.54, 1.807) is 0 Å². The first-order chi connectivity index (χ1) is 7.95. The number of hydrogen-bond donors (Lipinski definition) is 1. The van der Waals surface area contributed by atoms with E-state index in [1.165, 1.54) is 57.8 Å². The van der Waals surface area contributed by atoms with Crippen molar-refractivity contribution in [1.82, 2.24) is 5.32 Å². The highest BCUT2D eigenvalue weighted by Gasteiger charge is 2.15. The maximum absolute atomic E-state index is 5.75.